The van der Waals surface area contributed by atoms with E-state index in [0.717, 1.165) is 5.56 Å². The molecule has 1 aliphatic heterocycles. The second kappa shape index (κ2) is 4.70. The van der Waals surface area contributed by atoms with Crippen LogP contribution in [0.15, 0.2) is 12.1 Å². The van der Waals surface area contributed by atoms with Crippen LogP contribution in [0.3, 0.4) is 0 Å². The Kier molecular flexibility index (Phi) is 3.36. The van der Waals surface area contributed by atoms with Gasteiger partial charge in [0, 0.05) is 5.56 Å². The Labute approximate surface area is 111 Å². The number of benzene rings is 1. The maximum atomic E-state index is 13.8. The van der Waals surface area contributed by atoms with Crippen LogP contribution < -0.4 is 15.6 Å². The zero-order valence-electron chi connectivity index (χ0n) is 11.3. The summed E-state index contributed by atoms with van der Waals surface area (Å²) in [6.45, 7) is 7.08. The summed E-state index contributed by atoms with van der Waals surface area (Å²) in [5, 5.41) is 2.39. The van der Waals surface area contributed by atoms with Crippen LogP contribution in [-0.2, 0) is 4.74 Å². The molecule has 0 spiro atoms. The van der Waals surface area contributed by atoms with Gasteiger partial charge in [0.1, 0.15) is 11.3 Å². The van der Waals surface area contributed by atoms with E-state index in [1.165, 1.54) is 6.07 Å². The van der Waals surface area contributed by atoms with E-state index in [1.807, 2.05) is 6.92 Å². The largest absolute Gasteiger partial charge is 0.444 e. The summed E-state index contributed by atoms with van der Waals surface area (Å²) >= 11 is 0. The molecule has 0 saturated carbocycles. The minimum absolute atomic E-state index is 0.0106. The minimum atomic E-state index is -0.719. The molecule has 0 aliphatic carbocycles. The van der Waals surface area contributed by atoms with Crippen LogP contribution in [0.5, 0.6) is 5.75 Å². The number of carbonyl (C=O) groups is 1. The number of hydroxylamine groups is 1. The highest BCUT2D eigenvalue weighted by molar-refractivity contribution is 5.87. The average molecular weight is 268 g/mol. The number of amides is 1. The van der Waals surface area contributed by atoms with Crippen LogP contribution in [0.2, 0.25) is 0 Å². The molecule has 0 radical (unpaired) electrons. The predicted octanol–water partition coefficient (Wildman–Crippen LogP) is 3.13. The fourth-order valence-electron chi connectivity index (χ4n) is 1.76. The van der Waals surface area contributed by atoms with Gasteiger partial charge in [-0.05, 0) is 33.8 Å². The fourth-order valence-corrected chi connectivity index (χ4v) is 1.76. The van der Waals surface area contributed by atoms with Gasteiger partial charge in [-0.3, -0.25) is 5.32 Å². The molecule has 1 unspecified atom stereocenters. The van der Waals surface area contributed by atoms with Gasteiger partial charge in [-0.15, -0.1) is 5.48 Å². The lowest BCUT2D eigenvalue weighted by atomic mass is 10.1. The summed E-state index contributed by atoms with van der Waals surface area (Å²) < 4.78 is 18.9. The van der Waals surface area contributed by atoms with E-state index in [9.17, 15) is 9.18 Å². The highest BCUT2D eigenvalue weighted by atomic mass is 19.1. The van der Waals surface area contributed by atoms with Gasteiger partial charge < -0.3 is 9.57 Å². The monoisotopic (exact) mass is 268 g/mol. The van der Waals surface area contributed by atoms with E-state index in [-0.39, 0.29) is 11.7 Å². The first-order valence-corrected chi connectivity index (χ1v) is 6.02. The summed E-state index contributed by atoms with van der Waals surface area (Å²) in [5.41, 5.74) is 2.84. The van der Waals surface area contributed by atoms with Crippen molar-refractivity contribution in [2.75, 3.05) is 5.32 Å². The molecule has 0 fully saturated rings. The Balaban J connectivity index is 2.24. The average Bonchev–Trinajstić information content (AvgIpc) is 2.62. The third-order valence-electron chi connectivity index (χ3n) is 2.57. The molecule has 1 aliphatic rings. The van der Waals surface area contributed by atoms with Gasteiger partial charge in [0.05, 0.1) is 6.04 Å². The summed E-state index contributed by atoms with van der Waals surface area (Å²) in [6.07, 6.45) is -0.719. The Morgan fingerprint density at radius 3 is 2.79 bits per heavy atom. The van der Waals surface area contributed by atoms with Crippen LogP contribution in [0.4, 0.5) is 14.9 Å². The standard InChI is InChI=1S/C13H17FN2O3/c1-7-8-5-6-9(14)10(11(8)19-16-7)15-12(17)18-13(2,3)4/h5-7,16H,1-4H3,(H,15,17). The number of hydrogen-bond donors (Lipinski definition) is 2. The lowest BCUT2D eigenvalue weighted by Gasteiger charge is -2.20. The van der Waals surface area contributed by atoms with Gasteiger partial charge in [-0.1, -0.05) is 6.07 Å². The number of carbonyl (C=O) groups excluding carboxylic acids is 1. The predicted molar refractivity (Wildman–Crippen MR) is 68.4 cm³/mol. The van der Waals surface area contributed by atoms with Gasteiger partial charge in [0.25, 0.3) is 0 Å². The molecule has 19 heavy (non-hydrogen) atoms. The number of hydrogen-bond acceptors (Lipinski definition) is 4. The van der Waals surface area contributed by atoms with E-state index >= 15 is 0 Å². The molecule has 0 bridgehead atoms. The van der Waals surface area contributed by atoms with Crippen LogP contribution in [0, 0.1) is 5.82 Å². The third kappa shape index (κ3) is 2.96. The van der Waals surface area contributed by atoms with Crippen LogP contribution in [0.25, 0.3) is 0 Å². The smallest absolute Gasteiger partial charge is 0.412 e. The summed E-state index contributed by atoms with van der Waals surface area (Å²) in [5.74, 6) is -0.279. The molecule has 1 aromatic carbocycles. The number of halogens is 1. The summed E-state index contributed by atoms with van der Waals surface area (Å²) in [6, 6.07) is 2.85. The first-order valence-electron chi connectivity index (χ1n) is 6.02. The van der Waals surface area contributed by atoms with Gasteiger partial charge in [-0.25, -0.2) is 9.18 Å². The van der Waals surface area contributed by atoms with Gasteiger partial charge in [0.2, 0.25) is 0 Å². The summed E-state index contributed by atoms with van der Waals surface area (Å²) in [7, 11) is 0. The first kappa shape index (κ1) is 13.6. The molecule has 1 aromatic rings. The van der Waals surface area contributed by atoms with E-state index in [1.54, 1.807) is 26.8 Å². The van der Waals surface area contributed by atoms with Crippen molar-refractivity contribution < 1.29 is 18.8 Å². The van der Waals surface area contributed by atoms with Gasteiger partial charge in [0.15, 0.2) is 11.6 Å². The molecule has 1 atom stereocenters. The van der Waals surface area contributed by atoms with E-state index in [2.05, 4.69) is 10.8 Å². The Morgan fingerprint density at radius 2 is 2.16 bits per heavy atom. The molecular formula is C13H17FN2O3. The quantitative estimate of drug-likeness (QED) is 0.821. The molecule has 2 rings (SSSR count). The summed E-state index contributed by atoms with van der Waals surface area (Å²) in [4.78, 5) is 16.9. The fraction of sp³-hybridized carbons (Fsp3) is 0.462. The second-order valence-electron chi connectivity index (χ2n) is 5.41. The van der Waals surface area contributed by atoms with Crippen molar-refractivity contribution in [2.24, 2.45) is 0 Å². The van der Waals surface area contributed by atoms with Crippen molar-refractivity contribution in [1.82, 2.24) is 5.48 Å². The zero-order valence-corrected chi connectivity index (χ0v) is 11.3. The molecule has 1 heterocycles. The SMILES string of the molecule is CC1NOc2c1ccc(F)c2NC(=O)OC(C)(C)C. The molecular weight excluding hydrogens is 251 g/mol. The molecule has 2 N–H and O–H groups in total. The topological polar surface area (TPSA) is 59.6 Å². The minimum Gasteiger partial charge on any atom is -0.444 e. The van der Waals surface area contributed by atoms with Crippen molar-refractivity contribution in [3.05, 3.63) is 23.5 Å². The van der Waals surface area contributed by atoms with Crippen molar-refractivity contribution in [3.63, 3.8) is 0 Å². The normalized spacial score (nSPS) is 17.6. The third-order valence-corrected chi connectivity index (χ3v) is 2.57. The zero-order chi connectivity index (χ0) is 14.2. The van der Waals surface area contributed by atoms with Crippen LogP contribution in [-0.4, -0.2) is 11.7 Å². The van der Waals surface area contributed by atoms with Gasteiger partial charge in [-0.2, -0.15) is 0 Å². The maximum Gasteiger partial charge on any atom is 0.412 e. The van der Waals surface area contributed by atoms with Crippen LogP contribution >= 0.6 is 0 Å². The second-order valence-corrected chi connectivity index (χ2v) is 5.41. The van der Waals surface area contributed by atoms with Crippen LogP contribution in [0.1, 0.15) is 39.3 Å². The van der Waals surface area contributed by atoms with E-state index < -0.39 is 17.5 Å². The molecule has 5 nitrogen and oxygen atoms in total. The highest BCUT2D eigenvalue weighted by Gasteiger charge is 2.27. The van der Waals surface area contributed by atoms with E-state index in [4.69, 9.17) is 9.57 Å². The lowest BCUT2D eigenvalue weighted by Crippen LogP contribution is -2.27. The molecule has 6 heteroatoms. The first-order chi connectivity index (χ1) is 8.78. The van der Waals surface area contributed by atoms with Gasteiger partial charge >= 0.3 is 6.09 Å². The van der Waals surface area contributed by atoms with Crippen molar-refractivity contribution in [2.45, 2.75) is 39.3 Å². The number of nitrogens with one attached hydrogen (secondary N) is 2. The molecule has 0 saturated heterocycles. The van der Waals surface area contributed by atoms with Crippen molar-refractivity contribution in [3.8, 4) is 5.75 Å². The van der Waals surface area contributed by atoms with Crippen molar-refractivity contribution in [1.29, 1.82) is 0 Å². The lowest BCUT2D eigenvalue weighted by molar-refractivity contribution is 0.0634. The molecule has 104 valence electrons. The number of fused-ring (bicyclic) bond motifs is 1. The van der Waals surface area contributed by atoms with Crippen molar-refractivity contribution >= 4 is 11.8 Å². The number of anilines is 1. The van der Waals surface area contributed by atoms with E-state index in [0.29, 0.717) is 5.75 Å². The highest BCUT2D eigenvalue weighted by Crippen LogP contribution is 2.39. The number of ether oxygens (including phenoxy) is 1. The number of rotatable bonds is 1. The maximum absolute atomic E-state index is 13.8. The Bertz CT molecular complexity index is 511. The molecule has 0 aromatic heterocycles. The molecule has 1 amide bonds. The Morgan fingerprint density at radius 1 is 1.47 bits per heavy atom. The Hall–Kier alpha value is -1.82.